The highest BCUT2D eigenvalue weighted by Gasteiger charge is 2.26. The highest BCUT2D eigenvalue weighted by Crippen LogP contribution is 2.23. The summed E-state index contributed by atoms with van der Waals surface area (Å²) in [6, 6.07) is 6.76. The zero-order chi connectivity index (χ0) is 16.0. The molecule has 0 saturated carbocycles. The third-order valence-electron chi connectivity index (χ3n) is 3.81. The molecule has 0 aliphatic carbocycles. The van der Waals surface area contributed by atoms with Crippen LogP contribution in [0.1, 0.15) is 0 Å². The number of nitrogens with one attached hydrogen (secondary N) is 1. The van der Waals surface area contributed by atoms with Crippen molar-refractivity contribution in [3.8, 4) is 0 Å². The van der Waals surface area contributed by atoms with Gasteiger partial charge >= 0.3 is 6.03 Å². The summed E-state index contributed by atoms with van der Waals surface area (Å²) in [7, 11) is 0. The molecule has 1 aromatic carbocycles. The lowest BCUT2D eigenvalue weighted by molar-refractivity contribution is -0.128. The summed E-state index contributed by atoms with van der Waals surface area (Å²) < 4.78 is 6.70. The molecule has 0 spiro atoms. The zero-order valence-corrected chi connectivity index (χ0v) is 12.0. The number of hydrogen-bond acceptors (Lipinski definition) is 5. The number of hydrogen-bond donors (Lipinski definition) is 1. The first-order valence-electron chi connectivity index (χ1n) is 7.10. The molecule has 1 aliphatic heterocycles. The van der Waals surface area contributed by atoms with Crippen molar-refractivity contribution >= 4 is 34.0 Å². The Bertz CT molecular complexity index is 1000. The van der Waals surface area contributed by atoms with Crippen LogP contribution in [0.25, 0.3) is 22.1 Å². The van der Waals surface area contributed by atoms with Gasteiger partial charge in [-0.3, -0.25) is 19.1 Å². The Morgan fingerprint density at radius 2 is 2.13 bits per heavy atom. The van der Waals surface area contributed by atoms with Crippen molar-refractivity contribution in [2.24, 2.45) is 0 Å². The van der Waals surface area contributed by atoms with Gasteiger partial charge in [-0.2, -0.15) is 0 Å². The summed E-state index contributed by atoms with van der Waals surface area (Å²) in [5, 5.41) is 3.29. The molecule has 1 fully saturated rings. The van der Waals surface area contributed by atoms with Gasteiger partial charge in [0.1, 0.15) is 17.6 Å². The van der Waals surface area contributed by atoms with Crippen LogP contribution in [0, 0.1) is 0 Å². The van der Waals surface area contributed by atoms with Gasteiger partial charge in [-0.25, -0.2) is 9.78 Å². The van der Waals surface area contributed by atoms with Crippen LogP contribution in [-0.2, 0) is 11.3 Å². The molecular weight excluding hydrogens is 300 g/mol. The topological polar surface area (TPSA) is 97.4 Å². The molecule has 0 atom stereocenters. The van der Waals surface area contributed by atoms with Crippen molar-refractivity contribution in [3.63, 3.8) is 0 Å². The minimum Gasteiger partial charge on any atom is -0.448 e. The number of imide groups is 1. The predicted molar refractivity (Wildman–Crippen MR) is 80.9 cm³/mol. The summed E-state index contributed by atoms with van der Waals surface area (Å²) in [5.41, 5.74) is 0.690. The van der Waals surface area contributed by atoms with Gasteiger partial charge in [0.2, 0.25) is 5.58 Å². The van der Waals surface area contributed by atoms with Crippen LogP contribution < -0.4 is 10.9 Å². The molecule has 8 heteroatoms. The van der Waals surface area contributed by atoms with E-state index in [-0.39, 0.29) is 12.1 Å². The molecule has 3 amide bonds. The smallest absolute Gasteiger partial charge is 0.324 e. The lowest BCUT2D eigenvalue weighted by atomic mass is 10.2. The number of para-hydroxylation sites is 1. The maximum Gasteiger partial charge on any atom is 0.324 e. The molecule has 1 saturated heterocycles. The maximum atomic E-state index is 12.5. The maximum absolute atomic E-state index is 12.5. The third kappa shape index (κ3) is 2.07. The average molecular weight is 312 g/mol. The first-order chi connectivity index (χ1) is 11.1. The summed E-state index contributed by atoms with van der Waals surface area (Å²) >= 11 is 0. The second kappa shape index (κ2) is 4.94. The molecule has 2 aromatic heterocycles. The van der Waals surface area contributed by atoms with E-state index >= 15 is 0 Å². The number of furan rings is 1. The first-order valence-corrected chi connectivity index (χ1v) is 7.10. The van der Waals surface area contributed by atoms with E-state index in [2.05, 4.69) is 10.3 Å². The van der Waals surface area contributed by atoms with Crippen molar-refractivity contribution < 1.29 is 14.0 Å². The fourth-order valence-electron chi connectivity index (χ4n) is 2.67. The Hall–Kier alpha value is -3.16. The molecule has 0 bridgehead atoms. The summed E-state index contributed by atoms with van der Waals surface area (Å²) in [6.45, 7) is 0.458. The lowest BCUT2D eigenvalue weighted by Gasteiger charge is -2.12. The predicted octanol–water partition coefficient (Wildman–Crippen LogP) is 0.694. The molecule has 0 radical (unpaired) electrons. The average Bonchev–Trinajstić information content (AvgIpc) is 3.14. The van der Waals surface area contributed by atoms with Gasteiger partial charge in [0, 0.05) is 18.5 Å². The Balaban J connectivity index is 1.75. The van der Waals surface area contributed by atoms with Crippen LogP contribution in [0.5, 0.6) is 0 Å². The van der Waals surface area contributed by atoms with Crippen molar-refractivity contribution in [1.29, 1.82) is 0 Å². The minimum absolute atomic E-state index is 0.104. The molecule has 23 heavy (non-hydrogen) atoms. The van der Waals surface area contributed by atoms with Gasteiger partial charge in [-0.05, 0) is 12.1 Å². The third-order valence-corrected chi connectivity index (χ3v) is 3.81. The SMILES string of the molecule is O=C(Cn1cnc2c(oc3ccccc32)c1=O)N1CCNC1=O. The highest BCUT2D eigenvalue weighted by atomic mass is 16.3. The number of urea groups is 1. The number of carbonyl (C=O) groups is 2. The Labute approximate surface area is 129 Å². The number of carbonyl (C=O) groups excluding carboxylic acids is 2. The van der Waals surface area contributed by atoms with Gasteiger partial charge < -0.3 is 9.73 Å². The van der Waals surface area contributed by atoms with E-state index < -0.39 is 17.5 Å². The van der Waals surface area contributed by atoms with E-state index in [0.717, 1.165) is 14.9 Å². The normalized spacial score (nSPS) is 14.6. The molecule has 0 unspecified atom stereocenters. The van der Waals surface area contributed by atoms with Crippen molar-refractivity contribution in [3.05, 3.63) is 40.9 Å². The summed E-state index contributed by atoms with van der Waals surface area (Å²) in [5.74, 6) is -0.459. The van der Waals surface area contributed by atoms with Crippen LogP contribution in [-0.4, -0.2) is 39.5 Å². The molecule has 3 aromatic rings. The fourth-order valence-corrected chi connectivity index (χ4v) is 2.67. The summed E-state index contributed by atoms with van der Waals surface area (Å²) in [6.07, 6.45) is 1.30. The monoisotopic (exact) mass is 312 g/mol. The Morgan fingerprint density at radius 3 is 2.91 bits per heavy atom. The van der Waals surface area contributed by atoms with E-state index in [1.54, 1.807) is 12.1 Å². The molecular formula is C15H12N4O4. The molecule has 116 valence electrons. The van der Waals surface area contributed by atoms with E-state index in [4.69, 9.17) is 4.42 Å². The Morgan fingerprint density at radius 1 is 1.30 bits per heavy atom. The number of amides is 3. The second-order valence-electron chi connectivity index (χ2n) is 5.23. The molecule has 1 N–H and O–H groups in total. The van der Waals surface area contributed by atoms with Crippen LogP contribution in [0.2, 0.25) is 0 Å². The van der Waals surface area contributed by atoms with E-state index in [0.29, 0.717) is 24.2 Å². The largest absolute Gasteiger partial charge is 0.448 e. The molecule has 3 heterocycles. The van der Waals surface area contributed by atoms with E-state index in [1.165, 1.54) is 6.33 Å². The van der Waals surface area contributed by atoms with E-state index in [1.807, 2.05) is 12.1 Å². The van der Waals surface area contributed by atoms with Crippen LogP contribution >= 0.6 is 0 Å². The highest BCUT2D eigenvalue weighted by molar-refractivity contribution is 6.02. The van der Waals surface area contributed by atoms with Gasteiger partial charge in [-0.15, -0.1) is 0 Å². The van der Waals surface area contributed by atoms with Crippen LogP contribution in [0.15, 0.2) is 39.8 Å². The molecule has 8 nitrogen and oxygen atoms in total. The number of benzene rings is 1. The molecule has 1 aliphatic rings. The second-order valence-corrected chi connectivity index (χ2v) is 5.23. The van der Waals surface area contributed by atoms with Gasteiger partial charge in [-0.1, -0.05) is 12.1 Å². The fraction of sp³-hybridized carbons (Fsp3) is 0.200. The number of rotatable bonds is 2. The first kappa shape index (κ1) is 13.5. The summed E-state index contributed by atoms with van der Waals surface area (Å²) in [4.78, 5) is 41.4. The number of aromatic nitrogens is 2. The number of nitrogens with zero attached hydrogens (tertiary/aromatic N) is 3. The van der Waals surface area contributed by atoms with Gasteiger partial charge in [0.05, 0.1) is 6.33 Å². The lowest BCUT2D eigenvalue weighted by Crippen LogP contribution is -2.38. The van der Waals surface area contributed by atoms with Crippen molar-refractivity contribution in [2.45, 2.75) is 6.54 Å². The number of fused-ring (bicyclic) bond motifs is 3. The minimum atomic E-state index is -0.459. The quantitative estimate of drug-likeness (QED) is 0.751. The van der Waals surface area contributed by atoms with Gasteiger partial charge in [0.15, 0.2) is 0 Å². The van der Waals surface area contributed by atoms with Gasteiger partial charge in [0.25, 0.3) is 11.5 Å². The molecule has 4 rings (SSSR count). The van der Waals surface area contributed by atoms with Crippen LogP contribution in [0.3, 0.4) is 0 Å². The zero-order valence-electron chi connectivity index (χ0n) is 12.0. The van der Waals surface area contributed by atoms with Crippen LogP contribution in [0.4, 0.5) is 4.79 Å². The van der Waals surface area contributed by atoms with E-state index in [9.17, 15) is 14.4 Å². The Kier molecular flexibility index (Phi) is 2.90. The standard InChI is InChI=1S/C15H12N4O4/c20-11(19-6-5-16-15(19)22)7-18-8-17-12-9-3-1-2-4-10(9)23-13(12)14(18)21/h1-4,8H,5-7H2,(H,16,22). The van der Waals surface area contributed by atoms with Crippen molar-refractivity contribution in [2.75, 3.05) is 13.1 Å². The van der Waals surface area contributed by atoms with Crippen molar-refractivity contribution in [1.82, 2.24) is 19.8 Å².